The third-order valence-corrected chi connectivity index (χ3v) is 3.62. The van der Waals surface area contributed by atoms with Crippen LogP contribution >= 0.6 is 11.8 Å². The third-order valence-electron chi connectivity index (χ3n) is 2.48. The van der Waals surface area contributed by atoms with E-state index in [2.05, 4.69) is 5.32 Å². The molecule has 2 rings (SSSR count). The highest BCUT2D eigenvalue weighted by atomic mass is 32.2. The average Bonchev–Trinajstić information content (AvgIpc) is 2.91. The Labute approximate surface area is 89.4 Å². The fourth-order valence-electron chi connectivity index (χ4n) is 1.38. The van der Waals surface area contributed by atoms with Gasteiger partial charge >= 0.3 is 0 Å². The predicted octanol–water partition coefficient (Wildman–Crippen LogP) is 2.68. The van der Waals surface area contributed by atoms with Gasteiger partial charge in [0.1, 0.15) is 5.76 Å². The molecule has 1 aliphatic rings. The first-order valence-electron chi connectivity index (χ1n) is 5.24. The summed E-state index contributed by atoms with van der Waals surface area (Å²) in [7, 11) is 0. The monoisotopic (exact) mass is 211 g/mol. The molecule has 0 atom stereocenters. The van der Waals surface area contributed by atoms with Crippen LogP contribution < -0.4 is 5.32 Å². The molecule has 0 bridgehead atoms. The van der Waals surface area contributed by atoms with E-state index in [4.69, 9.17) is 4.42 Å². The quantitative estimate of drug-likeness (QED) is 0.578. The Kier molecular flexibility index (Phi) is 3.54. The van der Waals surface area contributed by atoms with E-state index in [9.17, 15) is 0 Å². The SMILES string of the molecule is Cc1occc1SCCNCC1CC1. The van der Waals surface area contributed by atoms with Crippen molar-refractivity contribution in [2.75, 3.05) is 18.8 Å². The number of aryl methyl sites for hydroxylation is 1. The number of rotatable bonds is 6. The van der Waals surface area contributed by atoms with E-state index < -0.39 is 0 Å². The number of hydrogen-bond acceptors (Lipinski definition) is 3. The van der Waals surface area contributed by atoms with Crippen LogP contribution in [0.25, 0.3) is 0 Å². The zero-order valence-corrected chi connectivity index (χ0v) is 9.40. The maximum Gasteiger partial charge on any atom is 0.114 e. The van der Waals surface area contributed by atoms with Crippen LogP contribution in [-0.4, -0.2) is 18.8 Å². The van der Waals surface area contributed by atoms with Crippen LogP contribution in [0.15, 0.2) is 21.6 Å². The van der Waals surface area contributed by atoms with Crippen LogP contribution in [0.3, 0.4) is 0 Å². The lowest BCUT2D eigenvalue weighted by molar-refractivity contribution is 0.527. The summed E-state index contributed by atoms with van der Waals surface area (Å²) in [5, 5.41) is 3.48. The first-order chi connectivity index (χ1) is 6.86. The Hall–Kier alpha value is -0.410. The molecule has 1 heterocycles. The minimum Gasteiger partial charge on any atom is -0.468 e. The molecule has 0 aromatic carbocycles. The lowest BCUT2D eigenvalue weighted by Crippen LogP contribution is -2.19. The van der Waals surface area contributed by atoms with E-state index in [1.54, 1.807) is 6.26 Å². The molecule has 0 amide bonds. The summed E-state index contributed by atoms with van der Waals surface area (Å²) in [6, 6.07) is 2.04. The molecule has 1 aromatic heterocycles. The number of furan rings is 1. The molecule has 2 nitrogen and oxygen atoms in total. The van der Waals surface area contributed by atoms with Gasteiger partial charge in [-0.15, -0.1) is 11.8 Å². The van der Waals surface area contributed by atoms with E-state index in [1.165, 1.54) is 24.3 Å². The highest BCUT2D eigenvalue weighted by Gasteiger charge is 2.19. The second-order valence-corrected chi connectivity index (χ2v) is 4.97. The maximum absolute atomic E-state index is 5.23. The smallest absolute Gasteiger partial charge is 0.114 e. The first kappa shape index (κ1) is 10.1. The normalized spacial score (nSPS) is 16.1. The van der Waals surface area contributed by atoms with Crippen molar-refractivity contribution in [1.82, 2.24) is 5.32 Å². The number of nitrogens with one attached hydrogen (secondary N) is 1. The van der Waals surface area contributed by atoms with Crippen molar-refractivity contribution < 1.29 is 4.42 Å². The van der Waals surface area contributed by atoms with E-state index in [-0.39, 0.29) is 0 Å². The topological polar surface area (TPSA) is 25.2 Å². The minimum atomic E-state index is 0.982. The van der Waals surface area contributed by atoms with Crippen LogP contribution in [0, 0.1) is 12.8 Å². The Morgan fingerprint density at radius 3 is 3.07 bits per heavy atom. The first-order valence-corrected chi connectivity index (χ1v) is 6.22. The molecule has 0 spiro atoms. The van der Waals surface area contributed by atoms with Gasteiger partial charge in [0.2, 0.25) is 0 Å². The molecular formula is C11H17NOS. The third kappa shape index (κ3) is 3.07. The van der Waals surface area contributed by atoms with Gasteiger partial charge in [0.05, 0.1) is 6.26 Å². The van der Waals surface area contributed by atoms with E-state index in [0.29, 0.717) is 0 Å². The molecule has 1 aliphatic carbocycles. The molecule has 1 fully saturated rings. The second-order valence-electron chi connectivity index (χ2n) is 3.84. The molecule has 78 valence electrons. The Morgan fingerprint density at radius 1 is 1.57 bits per heavy atom. The van der Waals surface area contributed by atoms with Gasteiger partial charge in [0.25, 0.3) is 0 Å². The van der Waals surface area contributed by atoms with Crippen LogP contribution in [-0.2, 0) is 0 Å². The van der Waals surface area contributed by atoms with Gasteiger partial charge < -0.3 is 9.73 Å². The largest absolute Gasteiger partial charge is 0.468 e. The molecule has 0 saturated heterocycles. The fraction of sp³-hybridized carbons (Fsp3) is 0.636. The van der Waals surface area contributed by atoms with Crippen LogP contribution in [0.4, 0.5) is 0 Å². The van der Waals surface area contributed by atoms with Gasteiger partial charge in [-0.1, -0.05) is 0 Å². The zero-order valence-electron chi connectivity index (χ0n) is 8.58. The standard InChI is InChI=1S/C11H17NOS/c1-9-11(4-6-13-9)14-7-5-12-8-10-2-3-10/h4,6,10,12H,2-3,5,7-8H2,1H3. The van der Waals surface area contributed by atoms with Gasteiger partial charge in [-0.05, 0) is 38.3 Å². The minimum absolute atomic E-state index is 0.982. The molecule has 1 N–H and O–H groups in total. The second kappa shape index (κ2) is 4.89. The summed E-state index contributed by atoms with van der Waals surface area (Å²) in [6.45, 7) is 4.33. The molecular weight excluding hydrogens is 194 g/mol. The van der Waals surface area contributed by atoms with Crippen molar-refractivity contribution in [3.63, 3.8) is 0 Å². The van der Waals surface area contributed by atoms with Gasteiger partial charge in [-0.3, -0.25) is 0 Å². The lowest BCUT2D eigenvalue weighted by atomic mass is 10.4. The molecule has 3 heteroatoms. The van der Waals surface area contributed by atoms with Crippen LogP contribution in [0.1, 0.15) is 18.6 Å². The molecule has 0 radical (unpaired) electrons. The van der Waals surface area contributed by atoms with E-state index >= 15 is 0 Å². The molecule has 14 heavy (non-hydrogen) atoms. The lowest BCUT2D eigenvalue weighted by Gasteiger charge is -2.02. The van der Waals surface area contributed by atoms with Crippen molar-refractivity contribution in [2.24, 2.45) is 5.92 Å². The van der Waals surface area contributed by atoms with Gasteiger partial charge in [-0.25, -0.2) is 0 Å². The van der Waals surface area contributed by atoms with Gasteiger partial charge in [0.15, 0.2) is 0 Å². The summed E-state index contributed by atoms with van der Waals surface area (Å²) >= 11 is 1.87. The molecule has 1 saturated carbocycles. The van der Waals surface area contributed by atoms with Crippen molar-refractivity contribution in [2.45, 2.75) is 24.7 Å². The van der Waals surface area contributed by atoms with Crippen molar-refractivity contribution in [1.29, 1.82) is 0 Å². The van der Waals surface area contributed by atoms with Gasteiger partial charge in [-0.2, -0.15) is 0 Å². The highest BCUT2D eigenvalue weighted by Crippen LogP contribution is 2.27. The fourth-order valence-corrected chi connectivity index (χ4v) is 2.25. The predicted molar refractivity (Wildman–Crippen MR) is 59.8 cm³/mol. The van der Waals surface area contributed by atoms with Crippen molar-refractivity contribution in [3.05, 3.63) is 18.1 Å². The highest BCUT2D eigenvalue weighted by molar-refractivity contribution is 7.99. The Morgan fingerprint density at radius 2 is 2.43 bits per heavy atom. The van der Waals surface area contributed by atoms with Crippen molar-refractivity contribution in [3.8, 4) is 0 Å². The number of thioether (sulfide) groups is 1. The van der Waals surface area contributed by atoms with Gasteiger partial charge in [0, 0.05) is 17.2 Å². The average molecular weight is 211 g/mol. The number of hydrogen-bond donors (Lipinski definition) is 1. The molecule has 0 unspecified atom stereocenters. The van der Waals surface area contributed by atoms with E-state index in [1.807, 2.05) is 24.8 Å². The van der Waals surface area contributed by atoms with Crippen LogP contribution in [0.2, 0.25) is 0 Å². The van der Waals surface area contributed by atoms with Crippen molar-refractivity contribution >= 4 is 11.8 Å². The summed E-state index contributed by atoms with van der Waals surface area (Å²) in [4.78, 5) is 1.28. The zero-order chi connectivity index (χ0) is 9.80. The summed E-state index contributed by atoms with van der Waals surface area (Å²) in [6.07, 6.45) is 4.62. The Bertz CT molecular complexity index is 281. The van der Waals surface area contributed by atoms with Crippen LogP contribution in [0.5, 0.6) is 0 Å². The van der Waals surface area contributed by atoms with E-state index in [0.717, 1.165) is 24.0 Å². The maximum atomic E-state index is 5.23. The molecule has 1 aromatic rings. The summed E-state index contributed by atoms with van der Waals surface area (Å²) in [5.41, 5.74) is 0. The molecule has 0 aliphatic heterocycles. The Balaban J connectivity index is 1.56. The summed E-state index contributed by atoms with van der Waals surface area (Å²) < 4.78 is 5.23. The summed E-state index contributed by atoms with van der Waals surface area (Å²) in [5.74, 6) is 3.15.